The van der Waals surface area contributed by atoms with Crippen molar-refractivity contribution in [2.75, 3.05) is 23.3 Å². The monoisotopic (exact) mass is 514 g/mol. The van der Waals surface area contributed by atoms with Crippen molar-refractivity contribution >= 4 is 38.9 Å². The molecular weight excluding hydrogens is 488 g/mol. The number of halogens is 1. The molecule has 3 aromatic rings. The van der Waals surface area contributed by atoms with Crippen LogP contribution in [0.1, 0.15) is 25.7 Å². The second-order valence-corrected chi connectivity index (χ2v) is 10.5. The van der Waals surface area contributed by atoms with Crippen molar-refractivity contribution in [3.63, 3.8) is 0 Å². The number of sulfonamides is 1. The number of hydrogen-bond acceptors (Lipinski definition) is 5. The van der Waals surface area contributed by atoms with Crippen LogP contribution in [-0.2, 0) is 14.8 Å². The van der Waals surface area contributed by atoms with Gasteiger partial charge in [0.1, 0.15) is 18.0 Å². The third-order valence-electron chi connectivity index (χ3n) is 5.77. The first-order chi connectivity index (χ1) is 16.9. The minimum Gasteiger partial charge on any atom is -0.495 e. The van der Waals surface area contributed by atoms with Gasteiger partial charge >= 0.3 is 0 Å². The summed E-state index contributed by atoms with van der Waals surface area (Å²) in [4.78, 5) is 13.0. The number of carbonyl (C=O) groups excluding carboxylic acids is 1. The van der Waals surface area contributed by atoms with Gasteiger partial charge in [-0.25, -0.2) is 8.42 Å². The Balaban J connectivity index is 1.56. The van der Waals surface area contributed by atoms with Crippen LogP contribution < -0.4 is 19.1 Å². The Hall–Kier alpha value is -3.23. The highest BCUT2D eigenvalue weighted by molar-refractivity contribution is 7.92. The lowest BCUT2D eigenvalue weighted by atomic mass is 10.2. The van der Waals surface area contributed by atoms with Crippen LogP contribution in [0.15, 0.2) is 77.7 Å². The third-order valence-corrected chi connectivity index (χ3v) is 7.78. The molecule has 1 N–H and O–H groups in total. The molecular formula is C26H27ClN2O5S. The Labute approximate surface area is 210 Å². The molecule has 1 aliphatic carbocycles. The van der Waals surface area contributed by atoms with Gasteiger partial charge in [-0.1, -0.05) is 29.8 Å². The average Bonchev–Trinajstić information content (AvgIpc) is 3.37. The van der Waals surface area contributed by atoms with Crippen molar-refractivity contribution in [3.8, 4) is 11.5 Å². The van der Waals surface area contributed by atoms with Crippen molar-refractivity contribution in [2.24, 2.45) is 0 Å². The predicted octanol–water partition coefficient (Wildman–Crippen LogP) is 5.50. The zero-order chi connectivity index (χ0) is 24.8. The van der Waals surface area contributed by atoms with Gasteiger partial charge in [-0.15, -0.1) is 0 Å². The van der Waals surface area contributed by atoms with Gasteiger partial charge < -0.3 is 14.8 Å². The van der Waals surface area contributed by atoms with Gasteiger partial charge in [-0.2, -0.15) is 0 Å². The van der Waals surface area contributed by atoms with Crippen LogP contribution in [0.25, 0.3) is 0 Å². The molecule has 184 valence electrons. The Morgan fingerprint density at radius 1 is 1.03 bits per heavy atom. The number of carbonyl (C=O) groups is 1. The summed E-state index contributed by atoms with van der Waals surface area (Å²) in [6.45, 7) is -0.478. The zero-order valence-electron chi connectivity index (χ0n) is 19.3. The highest BCUT2D eigenvalue weighted by Gasteiger charge is 2.29. The molecule has 0 radical (unpaired) electrons. The van der Waals surface area contributed by atoms with E-state index in [4.69, 9.17) is 21.1 Å². The van der Waals surface area contributed by atoms with Crippen LogP contribution in [0.2, 0.25) is 5.02 Å². The number of rotatable bonds is 9. The molecule has 7 nitrogen and oxygen atoms in total. The molecule has 1 amide bonds. The van der Waals surface area contributed by atoms with Gasteiger partial charge in [0.15, 0.2) is 0 Å². The van der Waals surface area contributed by atoms with E-state index >= 15 is 0 Å². The molecule has 35 heavy (non-hydrogen) atoms. The van der Waals surface area contributed by atoms with Crippen molar-refractivity contribution < 1.29 is 22.7 Å². The Bertz CT molecular complexity index is 1260. The Morgan fingerprint density at radius 2 is 1.71 bits per heavy atom. The maximum atomic E-state index is 13.5. The summed E-state index contributed by atoms with van der Waals surface area (Å²) in [5.74, 6) is 0.498. The number of hydrogen-bond donors (Lipinski definition) is 1. The van der Waals surface area contributed by atoms with E-state index in [9.17, 15) is 13.2 Å². The molecule has 9 heteroatoms. The lowest BCUT2D eigenvalue weighted by molar-refractivity contribution is -0.114. The maximum absolute atomic E-state index is 13.5. The molecule has 0 saturated heterocycles. The molecule has 1 saturated carbocycles. The fourth-order valence-corrected chi connectivity index (χ4v) is 5.63. The summed E-state index contributed by atoms with van der Waals surface area (Å²) < 4.78 is 39.4. The van der Waals surface area contributed by atoms with Crippen molar-refractivity contribution in [1.82, 2.24) is 0 Å². The number of nitrogens with one attached hydrogen (secondary N) is 1. The molecule has 1 fully saturated rings. The van der Waals surface area contributed by atoms with Crippen molar-refractivity contribution in [1.29, 1.82) is 0 Å². The minimum atomic E-state index is -4.10. The molecule has 1 aliphatic rings. The first-order valence-electron chi connectivity index (χ1n) is 11.3. The maximum Gasteiger partial charge on any atom is 0.264 e. The number of benzene rings is 3. The summed E-state index contributed by atoms with van der Waals surface area (Å²) in [7, 11) is -2.67. The van der Waals surface area contributed by atoms with E-state index in [0.717, 1.165) is 22.9 Å². The van der Waals surface area contributed by atoms with Crippen LogP contribution >= 0.6 is 11.6 Å². The zero-order valence-corrected chi connectivity index (χ0v) is 20.9. The molecule has 0 bridgehead atoms. The van der Waals surface area contributed by atoms with E-state index in [1.807, 2.05) is 0 Å². The largest absolute Gasteiger partial charge is 0.495 e. The van der Waals surface area contributed by atoms with Crippen LogP contribution in [0.5, 0.6) is 11.5 Å². The normalized spacial score (nSPS) is 13.9. The van der Waals surface area contributed by atoms with Gasteiger partial charge in [-0.3, -0.25) is 9.10 Å². The highest BCUT2D eigenvalue weighted by atomic mass is 35.5. The lowest BCUT2D eigenvalue weighted by Gasteiger charge is -2.26. The summed E-state index contributed by atoms with van der Waals surface area (Å²) >= 11 is 6.17. The molecule has 0 aliphatic heterocycles. The van der Waals surface area contributed by atoms with Gasteiger partial charge in [0, 0.05) is 10.7 Å². The van der Waals surface area contributed by atoms with E-state index in [-0.39, 0.29) is 22.4 Å². The fraction of sp³-hybridized carbons (Fsp3) is 0.269. The van der Waals surface area contributed by atoms with E-state index in [1.54, 1.807) is 54.6 Å². The number of ether oxygens (including phenoxy) is 2. The van der Waals surface area contributed by atoms with Gasteiger partial charge in [0.2, 0.25) is 5.91 Å². The molecule has 0 aromatic heterocycles. The summed E-state index contributed by atoms with van der Waals surface area (Å²) in [5.41, 5.74) is 0.697. The second kappa shape index (κ2) is 11.0. The smallest absolute Gasteiger partial charge is 0.264 e. The third kappa shape index (κ3) is 6.07. The topological polar surface area (TPSA) is 84.9 Å². The van der Waals surface area contributed by atoms with Crippen LogP contribution in [0.4, 0.5) is 11.4 Å². The van der Waals surface area contributed by atoms with Gasteiger partial charge in [-0.05, 0) is 80.3 Å². The summed E-state index contributed by atoms with van der Waals surface area (Å²) in [6.07, 6.45) is 4.70. The number of anilines is 2. The predicted molar refractivity (Wildman–Crippen MR) is 137 cm³/mol. The SMILES string of the molecule is COc1ccc(Cl)cc1N(CC(=O)Nc1ccc(OC2CCCC2)cc1)S(=O)(=O)c1ccccc1. The van der Waals surface area contributed by atoms with Gasteiger partial charge in [0.25, 0.3) is 10.0 Å². The Morgan fingerprint density at radius 3 is 2.37 bits per heavy atom. The molecule has 0 unspecified atom stereocenters. The van der Waals surface area contributed by atoms with Crippen LogP contribution in [-0.4, -0.2) is 34.1 Å². The molecule has 0 atom stereocenters. The van der Waals surface area contributed by atoms with E-state index in [0.29, 0.717) is 10.7 Å². The fourth-order valence-electron chi connectivity index (χ4n) is 4.02. The highest BCUT2D eigenvalue weighted by Crippen LogP contribution is 2.35. The van der Waals surface area contributed by atoms with E-state index < -0.39 is 22.5 Å². The number of methoxy groups -OCH3 is 1. The van der Waals surface area contributed by atoms with Crippen LogP contribution in [0, 0.1) is 0 Å². The summed E-state index contributed by atoms with van der Waals surface area (Å²) in [5, 5.41) is 3.08. The molecule has 0 spiro atoms. The first-order valence-corrected chi connectivity index (χ1v) is 13.2. The molecule has 4 rings (SSSR count). The molecule has 3 aromatic carbocycles. The summed E-state index contributed by atoms with van der Waals surface area (Å²) in [6, 6.07) is 19.6. The molecule has 0 heterocycles. The number of amides is 1. The van der Waals surface area contributed by atoms with Crippen LogP contribution in [0.3, 0.4) is 0 Å². The number of nitrogens with zero attached hydrogens (tertiary/aromatic N) is 1. The second-order valence-electron chi connectivity index (χ2n) is 8.24. The standard InChI is InChI=1S/C26H27ClN2O5S/c1-33-25-16-11-19(27)17-24(25)29(35(31,32)23-9-3-2-4-10-23)18-26(30)28-20-12-14-22(15-13-20)34-21-7-5-6-8-21/h2-4,9-17,21H,5-8,18H2,1H3,(H,28,30). The average molecular weight is 515 g/mol. The lowest BCUT2D eigenvalue weighted by Crippen LogP contribution is -2.38. The Kier molecular flexibility index (Phi) is 7.83. The van der Waals surface area contributed by atoms with Gasteiger partial charge in [0.05, 0.1) is 23.8 Å². The van der Waals surface area contributed by atoms with E-state index in [1.165, 1.54) is 38.2 Å². The quantitative estimate of drug-likeness (QED) is 0.407. The van der Waals surface area contributed by atoms with Crippen molar-refractivity contribution in [3.05, 3.63) is 77.8 Å². The minimum absolute atomic E-state index is 0.0447. The van der Waals surface area contributed by atoms with E-state index in [2.05, 4.69) is 5.32 Å². The first kappa shape index (κ1) is 24.9. The van der Waals surface area contributed by atoms with Crippen molar-refractivity contribution in [2.45, 2.75) is 36.7 Å².